The number of rotatable bonds is 7. The molecule has 2 heterocycles. The molecule has 0 spiro atoms. The van der Waals surface area contributed by atoms with Crippen LogP contribution in [0.3, 0.4) is 0 Å². The van der Waals surface area contributed by atoms with Crippen LogP contribution in [0, 0.1) is 0 Å². The van der Waals surface area contributed by atoms with Crippen LogP contribution in [-0.2, 0) is 11.3 Å². The van der Waals surface area contributed by atoms with Crippen molar-refractivity contribution in [3.05, 3.63) is 42.4 Å². The quantitative estimate of drug-likeness (QED) is 0.652. The Labute approximate surface area is 115 Å². The van der Waals surface area contributed by atoms with Gasteiger partial charge in [0.15, 0.2) is 5.76 Å². The fraction of sp³-hybridized carbons (Fsp3) is 0.308. The van der Waals surface area contributed by atoms with E-state index in [0.717, 1.165) is 0 Å². The molecule has 7 heteroatoms. The predicted molar refractivity (Wildman–Crippen MR) is 70.7 cm³/mol. The van der Waals surface area contributed by atoms with Gasteiger partial charge in [0.2, 0.25) is 5.91 Å². The molecular weight excluding hydrogens is 260 g/mol. The van der Waals surface area contributed by atoms with E-state index in [0.29, 0.717) is 31.8 Å². The summed E-state index contributed by atoms with van der Waals surface area (Å²) in [5.74, 6) is 0.636. The molecule has 0 bridgehead atoms. The minimum absolute atomic E-state index is 0.0753. The molecule has 3 N–H and O–H groups in total. The van der Waals surface area contributed by atoms with E-state index in [1.54, 1.807) is 24.5 Å². The van der Waals surface area contributed by atoms with E-state index in [9.17, 15) is 9.59 Å². The highest BCUT2D eigenvalue weighted by Gasteiger charge is 2.07. The Balaban J connectivity index is 1.56. The van der Waals surface area contributed by atoms with E-state index in [-0.39, 0.29) is 17.6 Å². The normalized spacial score (nSPS) is 10.2. The van der Waals surface area contributed by atoms with E-state index in [1.165, 1.54) is 6.26 Å². The molecule has 2 aromatic rings. The largest absolute Gasteiger partial charge is 0.459 e. The highest BCUT2D eigenvalue weighted by atomic mass is 16.3. The van der Waals surface area contributed by atoms with Crippen LogP contribution in [0.25, 0.3) is 0 Å². The Bertz CT molecular complexity index is 534. The number of imidazole rings is 1. The van der Waals surface area contributed by atoms with Crippen LogP contribution in [0.15, 0.2) is 35.2 Å². The highest BCUT2D eigenvalue weighted by Crippen LogP contribution is 1.99. The van der Waals surface area contributed by atoms with Gasteiger partial charge in [0.1, 0.15) is 5.82 Å². The van der Waals surface area contributed by atoms with Gasteiger partial charge in [0.05, 0.1) is 12.8 Å². The molecule has 2 amide bonds. The summed E-state index contributed by atoms with van der Waals surface area (Å²) in [5.41, 5.74) is 0. The third kappa shape index (κ3) is 4.27. The number of aromatic nitrogens is 2. The second kappa shape index (κ2) is 7.13. The molecule has 7 nitrogen and oxygen atoms in total. The third-order valence-electron chi connectivity index (χ3n) is 2.62. The van der Waals surface area contributed by atoms with Gasteiger partial charge in [-0.3, -0.25) is 9.59 Å². The molecule has 2 aromatic heterocycles. The Hall–Kier alpha value is -2.57. The predicted octanol–water partition coefficient (Wildman–Crippen LogP) is 0.829. The lowest BCUT2D eigenvalue weighted by Crippen LogP contribution is -2.27. The van der Waals surface area contributed by atoms with Crippen LogP contribution in [0.2, 0.25) is 0 Å². The number of hydrogen-bond acceptors (Lipinski definition) is 4. The molecule has 2 rings (SSSR count). The summed E-state index contributed by atoms with van der Waals surface area (Å²) in [7, 11) is 0. The van der Waals surface area contributed by atoms with Gasteiger partial charge in [-0.2, -0.15) is 0 Å². The lowest BCUT2D eigenvalue weighted by molar-refractivity contribution is -0.121. The third-order valence-corrected chi connectivity index (χ3v) is 2.62. The molecule has 0 unspecified atom stereocenters. The molecule has 0 aliphatic heterocycles. The number of furan rings is 1. The number of hydrogen-bond donors (Lipinski definition) is 3. The van der Waals surface area contributed by atoms with Gasteiger partial charge in [-0.1, -0.05) is 0 Å². The molecule has 0 saturated carbocycles. The van der Waals surface area contributed by atoms with E-state index in [4.69, 9.17) is 4.42 Å². The van der Waals surface area contributed by atoms with Crippen LogP contribution in [0.5, 0.6) is 0 Å². The molecule has 0 saturated heterocycles. The number of nitrogens with zero attached hydrogens (tertiary/aromatic N) is 1. The van der Waals surface area contributed by atoms with Crippen LogP contribution < -0.4 is 10.6 Å². The number of aromatic amines is 1. The van der Waals surface area contributed by atoms with E-state index in [1.807, 2.05) is 0 Å². The molecule has 0 aromatic carbocycles. The van der Waals surface area contributed by atoms with Crippen LogP contribution >= 0.6 is 0 Å². The van der Waals surface area contributed by atoms with Gasteiger partial charge < -0.3 is 20.0 Å². The zero-order valence-electron chi connectivity index (χ0n) is 10.9. The smallest absolute Gasteiger partial charge is 0.286 e. The molecule has 106 valence electrons. The van der Waals surface area contributed by atoms with E-state index < -0.39 is 0 Å². The molecule has 20 heavy (non-hydrogen) atoms. The highest BCUT2D eigenvalue weighted by molar-refractivity contribution is 5.91. The van der Waals surface area contributed by atoms with Crippen molar-refractivity contribution in [3.63, 3.8) is 0 Å². The second-order valence-corrected chi connectivity index (χ2v) is 4.15. The first-order valence-corrected chi connectivity index (χ1v) is 6.32. The minimum atomic E-state index is -0.272. The first-order chi connectivity index (χ1) is 9.75. The van der Waals surface area contributed by atoms with E-state index >= 15 is 0 Å². The Morgan fingerprint density at radius 2 is 2.25 bits per heavy atom. The maximum atomic E-state index is 11.5. The van der Waals surface area contributed by atoms with Gasteiger partial charge in [-0.15, -0.1) is 0 Å². The molecular formula is C13H16N4O3. The summed E-state index contributed by atoms with van der Waals surface area (Å²) in [6.45, 7) is 0.804. The Kier molecular flexibility index (Phi) is 4.94. The lowest BCUT2D eigenvalue weighted by atomic mass is 10.3. The molecule has 0 aliphatic carbocycles. The van der Waals surface area contributed by atoms with Crippen molar-refractivity contribution in [1.82, 2.24) is 20.6 Å². The lowest BCUT2D eigenvalue weighted by Gasteiger charge is -2.04. The summed E-state index contributed by atoms with van der Waals surface area (Å²) < 4.78 is 4.95. The summed E-state index contributed by atoms with van der Waals surface area (Å²) in [4.78, 5) is 29.9. The zero-order chi connectivity index (χ0) is 14.2. The van der Waals surface area contributed by atoms with Crippen LogP contribution in [-0.4, -0.2) is 28.3 Å². The van der Waals surface area contributed by atoms with Gasteiger partial charge in [0.25, 0.3) is 5.91 Å². The number of carbonyl (C=O) groups is 2. The van der Waals surface area contributed by atoms with Crippen molar-refractivity contribution in [2.75, 3.05) is 6.54 Å². The zero-order valence-corrected chi connectivity index (χ0v) is 10.9. The molecule has 0 aliphatic rings. The van der Waals surface area contributed by atoms with Gasteiger partial charge in [0, 0.05) is 25.4 Å². The SMILES string of the molecule is O=C(CCCNC(=O)c1ccco1)NCc1ncc[nH]1. The maximum Gasteiger partial charge on any atom is 0.286 e. The second-order valence-electron chi connectivity index (χ2n) is 4.15. The maximum absolute atomic E-state index is 11.5. The first-order valence-electron chi connectivity index (χ1n) is 6.32. The Morgan fingerprint density at radius 1 is 1.35 bits per heavy atom. The van der Waals surface area contributed by atoms with Crippen molar-refractivity contribution in [1.29, 1.82) is 0 Å². The summed E-state index contributed by atoms with van der Waals surface area (Å²) >= 11 is 0. The van der Waals surface area contributed by atoms with E-state index in [2.05, 4.69) is 20.6 Å². The van der Waals surface area contributed by atoms with Crippen LogP contribution in [0.4, 0.5) is 0 Å². The monoisotopic (exact) mass is 276 g/mol. The van der Waals surface area contributed by atoms with Crippen molar-refractivity contribution >= 4 is 11.8 Å². The number of amides is 2. The number of carbonyl (C=O) groups excluding carboxylic acids is 2. The topological polar surface area (TPSA) is 100 Å². The van der Waals surface area contributed by atoms with Crippen molar-refractivity contribution < 1.29 is 14.0 Å². The summed E-state index contributed by atoms with van der Waals surface area (Å²) in [5, 5.41) is 5.42. The average molecular weight is 276 g/mol. The van der Waals surface area contributed by atoms with Gasteiger partial charge >= 0.3 is 0 Å². The molecule has 0 radical (unpaired) electrons. The fourth-order valence-corrected chi connectivity index (χ4v) is 1.61. The van der Waals surface area contributed by atoms with Gasteiger partial charge in [-0.05, 0) is 18.6 Å². The van der Waals surface area contributed by atoms with Crippen molar-refractivity contribution in [2.45, 2.75) is 19.4 Å². The summed E-state index contributed by atoms with van der Waals surface area (Å²) in [6, 6.07) is 3.24. The van der Waals surface area contributed by atoms with Crippen molar-refractivity contribution in [3.8, 4) is 0 Å². The number of nitrogens with one attached hydrogen (secondary N) is 3. The first kappa shape index (κ1) is 13.9. The molecule has 0 atom stereocenters. The number of H-pyrrole nitrogens is 1. The average Bonchev–Trinajstić information content (AvgIpc) is 3.13. The standard InChI is InChI=1S/C13H16N4O3/c18-12(17-9-11-14-6-7-15-11)4-1-5-16-13(19)10-3-2-8-20-10/h2-3,6-8H,1,4-5,9H2,(H,14,15)(H,16,19)(H,17,18). The minimum Gasteiger partial charge on any atom is -0.459 e. The summed E-state index contributed by atoms with van der Waals surface area (Å²) in [6.07, 6.45) is 5.68. The van der Waals surface area contributed by atoms with Gasteiger partial charge in [-0.25, -0.2) is 4.98 Å². The Morgan fingerprint density at radius 3 is 2.95 bits per heavy atom. The van der Waals surface area contributed by atoms with Crippen molar-refractivity contribution in [2.24, 2.45) is 0 Å². The van der Waals surface area contributed by atoms with Crippen LogP contribution in [0.1, 0.15) is 29.2 Å². The molecule has 0 fully saturated rings. The fourth-order valence-electron chi connectivity index (χ4n) is 1.61.